The highest BCUT2D eigenvalue weighted by atomic mass is 32.1. The first-order valence-electron chi connectivity index (χ1n) is 7.69. The smallest absolute Gasteiger partial charge is 0.151 e. The van der Waals surface area contributed by atoms with E-state index in [0.717, 1.165) is 37.6 Å². The summed E-state index contributed by atoms with van der Waals surface area (Å²) >= 11 is 1.81. The van der Waals surface area contributed by atoms with Crippen molar-refractivity contribution in [3.8, 4) is 0 Å². The zero-order valence-electron chi connectivity index (χ0n) is 12.5. The van der Waals surface area contributed by atoms with Gasteiger partial charge in [-0.2, -0.15) is 5.10 Å². The molecule has 3 rings (SSSR count). The van der Waals surface area contributed by atoms with Crippen LogP contribution in [0.1, 0.15) is 36.8 Å². The van der Waals surface area contributed by atoms with Crippen molar-refractivity contribution >= 4 is 17.2 Å². The number of nitrogens with zero attached hydrogens (tertiary/aromatic N) is 3. The number of hydrogen-bond acceptors (Lipinski definition) is 5. The number of thiophene rings is 1. The Balaban J connectivity index is 1.65. The maximum atomic E-state index is 4.44. The van der Waals surface area contributed by atoms with Gasteiger partial charge in [0.2, 0.25) is 0 Å². The Morgan fingerprint density at radius 1 is 1.29 bits per heavy atom. The van der Waals surface area contributed by atoms with Crippen LogP contribution in [0.3, 0.4) is 0 Å². The molecule has 0 aliphatic heterocycles. The van der Waals surface area contributed by atoms with Gasteiger partial charge in [0, 0.05) is 17.5 Å². The Bertz CT molecular complexity index is 534. The van der Waals surface area contributed by atoms with Gasteiger partial charge in [0.05, 0.1) is 12.2 Å². The summed E-state index contributed by atoms with van der Waals surface area (Å²) in [5, 5.41) is 14.3. The van der Waals surface area contributed by atoms with Crippen LogP contribution in [0.25, 0.3) is 0 Å². The molecule has 1 N–H and O–H groups in total. The summed E-state index contributed by atoms with van der Waals surface area (Å²) in [6.07, 6.45) is 3.68. The summed E-state index contributed by atoms with van der Waals surface area (Å²) in [6, 6.07) is 9.15. The topological polar surface area (TPSA) is 41.0 Å². The summed E-state index contributed by atoms with van der Waals surface area (Å²) in [4.78, 5) is 3.78. The molecule has 0 bridgehead atoms. The van der Waals surface area contributed by atoms with Crippen LogP contribution in [0.2, 0.25) is 0 Å². The minimum absolute atomic E-state index is 0.644. The maximum Gasteiger partial charge on any atom is 0.151 e. The molecule has 5 heteroatoms. The molecule has 0 aromatic carbocycles. The molecule has 0 amide bonds. The molecule has 1 saturated carbocycles. The number of rotatable bonds is 8. The van der Waals surface area contributed by atoms with E-state index in [0.29, 0.717) is 6.04 Å². The Morgan fingerprint density at radius 3 is 2.81 bits per heavy atom. The van der Waals surface area contributed by atoms with Crippen molar-refractivity contribution in [2.75, 3.05) is 11.4 Å². The third-order valence-electron chi connectivity index (χ3n) is 3.63. The van der Waals surface area contributed by atoms with E-state index in [1.807, 2.05) is 11.3 Å². The quantitative estimate of drug-likeness (QED) is 0.760. The minimum atomic E-state index is 0.644. The average molecular weight is 302 g/mol. The van der Waals surface area contributed by atoms with Gasteiger partial charge in [-0.15, -0.1) is 16.4 Å². The molecule has 0 unspecified atom stereocenters. The van der Waals surface area contributed by atoms with Crippen LogP contribution < -0.4 is 10.2 Å². The Hall–Kier alpha value is -1.46. The lowest BCUT2D eigenvalue weighted by Crippen LogP contribution is -2.26. The van der Waals surface area contributed by atoms with Crippen molar-refractivity contribution in [2.24, 2.45) is 0 Å². The lowest BCUT2D eigenvalue weighted by atomic mass is 10.3. The highest BCUT2D eigenvalue weighted by Gasteiger charge is 2.30. The predicted octanol–water partition coefficient (Wildman–Crippen LogP) is 3.21. The minimum Gasteiger partial charge on any atom is -0.347 e. The van der Waals surface area contributed by atoms with Crippen LogP contribution in [0.5, 0.6) is 0 Å². The molecule has 1 fully saturated rings. The van der Waals surface area contributed by atoms with Crippen LogP contribution in [-0.4, -0.2) is 22.8 Å². The largest absolute Gasteiger partial charge is 0.347 e. The molecule has 0 radical (unpaired) electrons. The zero-order chi connectivity index (χ0) is 14.5. The second-order valence-corrected chi connectivity index (χ2v) is 6.53. The van der Waals surface area contributed by atoms with Crippen LogP contribution in [0.4, 0.5) is 5.82 Å². The van der Waals surface area contributed by atoms with Crippen molar-refractivity contribution in [2.45, 2.75) is 45.3 Å². The second kappa shape index (κ2) is 7.00. The fourth-order valence-electron chi connectivity index (χ4n) is 2.35. The van der Waals surface area contributed by atoms with E-state index in [-0.39, 0.29) is 0 Å². The van der Waals surface area contributed by atoms with E-state index < -0.39 is 0 Å². The summed E-state index contributed by atoms with van der Waals surface area (Å²) in [7, 11) is 0. The van der Waals surface area contributed by atoms with Crippen LogP contribution in [0, 0.1) is 0 Å². The third-order valence-corrected chi connectivity index (χ3v) is 4.49. The summed E-state index contributed by atoms with van der Waals surface area (Å²) in [5.41, 5.74) is 1.01. The van der Waals surface area contributed by atoms with Gasteiger partial charge >= 0.3 is 0 Å². The maximum absolute atomic E-state index is 4.44. The van der Waals surface area contributed by atoms with Gasteiger partial charge in [0.15, 0.2) is 5.82 Å². The lowest BCUT2D eigenvalue weighted by Gasteiger charge is -2.22. The van der Waals surface area contributed by atoms with E-state index in [2.05, 4.69) is 57.0 Å². The summed E-state index contributed by atoms with van der Waals surface area (Å²) in [6.45, 7) is 4.94. The molecule has 2 aromatic rings. The Kier molecular flexibility index (Phi) is 4.83. The summed E-state index contributed by atoms with van der Waals surface area (Å²) in [5.74, 6) is 1.00. The fourth-order valence-corrected chi connectivity index (χ4v) is 3.05. The van der Waals surface area contributed by atoms with Crippen molar-refractivity contribution in [3.63, 3.8) is 0 Å². The number of nitrogens with one attached hydrogen (secondary N) is 1. The molecule has 1 aliphatic rings. The number of aromatic nitrogens is 2. The van der Waals surface area contributed by atoms with Gasteiger partial charge in [-0.05, 0) is 49.4 Å². The van der Waals surface area contributed by atoms with Crippen molar-refractivity contribution in [1.29, 1.82) is 0 Å². The average Bonchev–Trinajstić information content (AvgIpc) is 3.23. The monoisotopic (exact) mass is 302 g/mol. The Labute approximate surface area is 130 Å². The van der Waals surface area contributed by atoms with Gasteiger partial charge in [0.1, 0.15) is 0 Å². The van der Waals surface area contributed by atoms with E-state index in [4.69, 9.17) is 0 Å². The molecule has 0 spiro atoms. The number of hydrogen-bond donors (Lipinski definition) is 1. The van der Waals surface area contributed by atoms with Crippen molar-refractivity contribution in [1.82, 2.24) is 15.5 Å². The second-order valence-electron chi connectivity index (χ2n) is 5.50. The van der Waals surface area contributed by atoms with Gasteiger partial charge in [-0.3, -0.25) is 0 Å². The molecule has 2 aromatic heterocycles. The van der Waals surface area contributed by atoms with Gasteiger partial charge < -0.3 is 10.2 Å². The van der Waals surface area contributed by atoms with Crippen molar-refractivity contribution < 1.29 is 0 Å². The van der Waals surface area contributed by atoms with Gasteiger partial charge in [-0.1, -0.05) is 13.0 Å². The lowest BCUT2D eigenvalue weighted by molar-refractivity contribution is 0.654. The molecule has 2 heterocycles. The van der Waals surface area contributed by atoms with E-state index >= 15 is 0 Å². The van der Waals surface area contributed by atoms with E-state index in [9.17, 15) is 0 Å². The predicted molar refractivity (Wildman–Crippen MR) is 87.6 cm³/mol. The number of anilines is 1. The third kappa shape index (κ3) is 4.02. The zero-order valence-corrected chi connectivity index (χ0v) is 13.3. The normalized spacial score (nSPS) is 14.3. The first-order valence-corrected chi connectivity index (χ1v) is 8.57. The van der Waals surface area contributed by atoms with Gasteiger partial charge in [0.25, 0.3) is 0 Å². The summed E-state index contributed by atoms with van der Waals surface area (Å²) < 4.78 is 0. The SMILES string of the molecule is CCCNCc1ccc(N(Cc2cccs2)C2CC2)nn1. The van der Waals surface area contributed by atoms with E-state index in [1.165, 1.54) is 17.7 Å². The first-order chi connectivity index (χ1) is 10.4. The van der Waals surface area contributed by atoms with Crippen LogP contribution >= 0.6 is 11.3 Å². The first kappa shape index (κ1) is 14.5. The molecule has 0 atom stereocenters. The van der Waals surface area contributed by atoms with E-state index in [1.54, 1.807) is 0 Å². The molecule has 1 aliphatic carbocycles. The Morgan fingerprint density at radius 2 is 2.19 bits per heavy atom. The highest BCUT2D eigenvalue weighted by Crippen LogP contribution is 2.32. The molecule has 112 valence electrons. The molecular weight excluding hydrogens is 280 g/mol. The van der Waals surface area contributed by atoms with Crippen LogP contribution in [0.15, 0.2) is 29.6 Å². The standard InChI is InChI=1S/C16H22N4S/c1-2-9-17-11-13-5-8-16(19-18-13)20(14-6-7-14)12-15-4-3-10-21-15/h3-5,8,10,14,17H,2,6-7,9,11-12H2,1H3. The molecule has 21 heavy (non-hydrogen) atoms. The molecule has 0 saturated heterocycles. The van der Waals surface area contributed by atoms with Gasteiger partial charge in [-0.25, -0.2) is 0 Å². The highest BCUT2D eigenvalue weighted by molar-refractivity contribution is 7.09. The van der Waals surface area contributed by atoms with Crippen molar-refractivity contribution in [3.05, 3.63) is 40.2 Å². The molecule has 4 nitrogen and oxygen atoms in total. The molecular formula is C16H22N4S. The van der Waals surface area contributed by atoms with Crippen LogP contribution in [-0.2, 0) is 13.1 Å². The fraction of sp³-hybridized carbons (Fsp3) is 0.500.